The van der Waals surface area contributed by atoms with Gasteiger partial charge in [0.25, 0.3) is 0 Å². The van der Waals surface area contributed by atoms with E-state index < -0.39 is 6.15 Å². The Balaban J connectivity index is 0.000000178. The minimum Gasteiger partial charge on any atom is -0.267 e. The van der Waals surface area contributed by atoms with Crippen LogP contribution in [-0.2, 0) is 0 Å². The summed E-state index contributed by atoms with van der Waals surface area (Å²) in [4.78, 5) is 10.5. The Morgan fingerprint density at radius 3 is 1.20 bits per heavy atom. The van der Waals surface area contributed by atoms with Crippen LogP contribution in [0.4, 0.5) is 0 Å². The third kappa shape index (κ3) is 8.12. The first-order chi connectivity index (χ1) is 22.2. The van der Waals surface area contributed by atoms with Crippen LogP contribution in [0.3, 0.4) is 0 Å². The van der Waals surface area contributed by atoms with E-state index in [1.807, 2.05) is 66.7 Å². The molecule has 1 N–H and O–H groups in total. The summed E-state index contributed by atoms with van der Waals surface area (Å²) < 4.78 is 0. The van der Waals surface area contributed by atoms with Gasteiger partial charge in [0.15, 0.2) is 0 Å². The molecular formula is C42H41BOS. The minimum atomic E-state index is -0.913. The van der Waals surface area contributed by atoms with Crippen molar-refractivity contribution in [2.75, 3.05) is 0 Å². The highest BCUT2D eigenvalue weighted by molar-refractivity contribution is 8.14. The Hall–Kier alpha value is -4.60. The van der Waals surface area contributed by atoms with Crippen molar-refractivity contribution in [3.05, 3.63) is 199 Å². The van der Waals surface area contributed by atoms with E-state index in [0.29, 0.717) is 5.12 Å². The van der Waals surface area contributed by atoms with Crippen molar-refractivity contribution in [2.45, 2.75) is 31.3 Å². The van der Waals surface area contributed by atoms with Crippen molar-refractivity contribution in [1.29, 1.82) is 0 Å². The molecule has 0 heterocycles. The van der Waals surface area contributed by atoms with Crippen LogP contribution in [0.25, 0.3) is 0 Å². The normalized spacial score (nSPS) is 11.0. The summed E-state index contributed by atoms with van der Waals surface area (Å²) in [5.41, 5.74) is 7.54. The second kappa shape index (κ2) is 16.5. The Labute approximate surface area is 273 Å². The van der Waals surface area contributed by atoms with Crippen molar-refractivity contribution < 1.29 is 4.79 Å². The van der Waals surface area contributed by atoms with Crippen LogP contribution in [0.1, 0.15) is 41.7 Å². The summed E-state index contributed by atoms with van der Waals surface area (Å²) in [6.07, 6.45) is 2.73. The van der Waals surface area contributed by atoms with Gasteiger partial charge in [-0.25, -0.2) is 0 Å². The quantitative estimate of drug-likeness (QED) is 0.113. The highest BCUT2D eigenvalue weighted by Crippen LogP contribution is 2.37. The van der Waals surface area contributed by atoms with E-state index in [9.17, 15) is 4.79 Å². The zero-order valence-corrected chi connectivity index (χ0v) is 26.8. The van der Waals surface area contributed by atoms with Crippen molar-refractivity contribution in [3.8, 4) is 0 Å². The standard InChI is InChI=1S/C22H24B.C20H16OS/c1-2-3-19-23(20-13-7-4-8-14-20,21-15-9-5-10-16-21)22-17-11-6-12-18-22;21-20(18-14-8-3-9-15-18)22-19(16-10-4-1-5-11-16)17-12-6-2-7-13-17/h4-18H,2-3,19H2,1H3;1-15,19H/q-1;/p+1. The smallest absolute Gasteiger partial charge is 0.267 e. The van der Waals surface area contributed by atoms with Gasteiger partial charge in [-0.1, -0.05) is 190 Å². The van der Waals surface area contributed by atoms with E-state index in [4.69, 9.17) is 0 Å². The average molecular weight is 605 g/mol. The molecule has 0 aliphatic carbocycles. The average Bonchev–Trinajstić information content (AvgIpc) is 3.13. The molecule has 0 bridgehead atoms. The lowest BCUT2D eigenvalue weighted by Crippen LogP contribution is -2.66. The maximum atomic E-state index is 10.5. The number of benzene rings is 6. The Bertz CT molecular complexity index is 1560. The molecule has 0 fully saturated rings. The highest BCUT2D eigenvalue weighted by atomic mass is 32.2. The topological polar surface area (TPSA) is 21.4 Å². The fraction of sp³-hybridized carbons (Fsp3) is 0.119. The number of hydrogen-bond acceptors (Lipinski definition) is 1. The van der Waals surface area contributed by atoms with Gasteiger partial charge in [0.1, 0.15) is 0 Å². The van der Waals surface area contributed by atoms with Crippen molar-refractivity contribution >= 4 is 39.4 Å². The largest absolute Gasteiger partial charge is 0.383 e. The van der Waals surface area contributed by atoms with Crippen LogP contribution in [0, 0.1) is 0 Å². The molecule has 6 aromatic carbocycles. The van der Waals surface area contributed by atoms with Crippen LogP contribution in [-0.4, -0.2) is 16.1 Å². The molecule has 0 aliphatic rings. The first-order valence-corrected chi connectivity index (χ1v) is 16.8. The molecule has 0 saturated carbocycles. The lowest BCUT2D eigenvalue weighted by atomic mass is 9.14. The molecule has 3 heteroatoms. The van der Waals surface area contributed by atoms with E-state index in [-0.39, 0.29) is 5.25 Å². The Kier molecular flexibility index (Phi) is 11.6. The summed E-state index contributed by atoms with van der Waals surface area (Å²) >= 11 is 1.48. The molecule has 0 aromatic heterocycles. The first kappa shape index (κ1) is 31.8. The van der Waals surface area contributed by atoms with Crippen LogP contribution in [0.2, 0.25) is 6.32 Å². The number of rotatable bonds is 10. The molecule has 0 spiro atoms. The fourth-order valence-electron chi connectivity index (χ4n) is 6.28. The molecule has 0 unspecified atom stereocenters. The van der Waals surface area contributed by atoms with E-state index in [1.54, 1.807) is 0 Å². The fourth-order valence-corrected chi connectivity index (χ4v) is 7.36. The molecule has 0 atom stereocenters. The van der Waals surface area contributed by atoms with Crippen LogP contribution < -0.4 is 16.4 Å². The van der Waals surface area contributed by atoms with Gasteiger partial charge in [-0.15, -0.1) is 0 Å². The SMILES string of the molecule is CCCC[B-](c1ccccc1)(c1ccccc1)c1ccccc1.[OH+]=C(SC(c1ccccc1)c1ccccc1)c1ccccc1. The van der Waals surface area contributed by atoms with Crippen LogP contribution in [0.15, 0.2) is 182 Å². The molecule has 224 valence electrons. The second-order valence-electron chi connectivity index (χ2n) is 11.4. The van der Waals surface area contributed by atoms with Gasteiger partial charge in [0.05, 0.1) is 17.0 Å². The van der Waals surface area contributed by atoms with Gasteiger partial charge in [0.2, 0.25) is 0 Å². The van der Waals surface area contributed by atoms with Gasteiger partial charge >= 0.3 is 5.12 Å². The third-order valence-electron chi connectivity index (χ3n) is 8.55. The van der Waals surface area contributed by atoms with E-state index in [0.717, 1.165) is 5.56 Å². The van der Waals surface area contributed by atoms with Crippen LogP contribution in [0.5, 0.6) is 0 Å². The predicted molar refractivity (Wildman–Crippen MR) is 199 cm³/mol. The van der Waals surface area contributed by atoms with E-state index in [1.165, 1.54) is 58.4 Å². The molecule has 0 radical (unpaired) electrons. The maximum Gasteiger partial charge on any atom is 0.383 e. The maximum absolute atomic E-state index is 10.5. The summed E-state index contributed by atoms with van der Waals surface area (Å²) in [5.74, 6) is 0. The summed E-state index contributed by atoms with van der Waals surface area (Å²) in [6, 6.07) is 63.4. The van der Waals surface area contributed by atoms with Crippen LogP contribution >= 0.6 is 11.8 Å². The summed E-state index contributed by atoms with van der Waals surface area (Å²) in [6.45, 7) is 2.28. The number of carbonyl (C=O) groups excluding carboxylic acids is 1. The number of unbranched alkanes of at least 4 members (excludes halogenated alkanes) is 1. The summed E-state index contributed by atoms with van der Waals surface area (Å²) in [7, 11) is 0. The van der Waals surface area contributed by atoms with Gasteiger partial charge < -0.3 is 0 Å². The molecule has 0 saturated heterocycles. The zero-order valence-electron chi connectivity index (χ0n) is 26.0. The van der Waals surface area contributed by atoms with Crippen molar-refractivity contribution in [2.24, 2.45) is 0 Å². The zero-order chi connectivity index (χ0) is 31.2. The van der Waals surface area contributed by atoms with Gasteiger partial charge in [-0.2, -0.15) is 22.7 Å². The van der Waals surface area contributed by atoms with Crippen molar-refractivity contribution in [1.82, 2.24) is 0 Å². The van der Waals surface area contributed by atoms with Gasteiger partial charge in [-0.3, -0.25) is 4.79 Å². The predicted octanol–water partition coefficient (Wildman–Crippen LogP) is 9.02. The molecular weight excluding hydrogens is 563 g/mol. The second-order valence-corrected chi connectivity index (χ2v) is 12.5. The van der Waals surface area contributed by atoms with E-state index in [2.05, 4.69) is 122 Å². The first-order valence-electron chi connectivity index (χ1n) is 15.9. The third-order valence-corrected chi connectivity index (χ3v) is 9.79. The lowest BCUT2D eigenvalue weighted by molar-refractivity contribution is 0.689. The van der Waals surface area contributed by atoms with Gasteiger partial charge in [0, 0.05) is 0 Å². The Morgan fingerprint density at radius 1 is 0.511 bits per heavy atom. The molecule has 0 amide bonds. The highest BCUT2D eigenvalue weighted by Gasteiger charge is 2.29. The molecule has 6 aromatic rings. The summed E-state index contributed by atoms with van der Waals surface area (Å²) in [5, 5.41) is 0.418. The molecule has 6 rings (SSSR count). The van der Waals surface area contributed by atoms with Gasteiger partial charge in [-0.05, 0) is 35.0 Å². The molecule has 0 aliphatic heterocycles. The monoisotopic (exact) mass is 604 g/mol. The van der Waals surface area contributed by atoms with E-state index >= 15 is 0 Å². The number of thioether (sulfide) groups is 1. The molecule has 45 heavy (non-hydrogen) atoms. The molecule has 1 nitrogen and oxygen atoms in total. The number of hydrogen-bond donors (Lipinski definition) is 0. The van der Waals surface area contributed by atoms with Crippen molar-refractivity contribution in [3.63, 3.8) is 0 Å². The minimum absolute atomic E-state index is 0.0719. The Morgan fingerprint density at radius 2 is 0.844 bits per heavy atom. The lowest BCUT2D eigenvalue weighted by Gasteiger charge is -2.43.